The lowest BCUT2D eigenvalue weighted by molar-refractivity contribution is -0.0825. The van der Waals surface area contributed by atoms with Crippen LogP contribution in [-0.4, -0.2) is 71.3 Å². The Labute approximate surface area is 164 Å². The van der Waals surface area contributed by atoms with Gasteiger partial charge in [0.1, 0.15) is 10.9 Å². The number of nitrogens with zero attached hydrogens (tertiary/aromatic N) is 4. The topological polar surface area (TPSA) is 84.7 Å². The Morgan fingerprint density at radius 2 is 1.96 bits per heavy atom. The SMILES string of the molecule is Cn1cc(C2(C)CN(S(=O)(=O)C3CN(C(=O)c4ccccc4)C3)CCO2)cn1. The average Bonchev–Trinajstić information content (AvgIpc) is 3.08. The summed E-state index contributed by atoms with van der Waals surface area (Å²) in [5.74, 6) is -0.130. The third kappa shape index (κ3) is 3.34. The summed E-state index contributed by atoms with van der Waals surface area (Å²) in [6, 6.07) is 8.93. The Bertz CT molecular complexity index is 969. The maximum atomic E-state index is 13.1. The van der Waals surface area contributed by atoms with Gasteiger partial charge in [-0.05, 0) is 19.1 Å². The van der Waals surface area contributed by atoms with Gasteiger partial charge < -0.3 is 9.64 Å². The summed E-state index contributed by atoms with van der Waals surface area (Å²) in [6.45, 7) is 3.21. The van der Waals surface area contributed by atoms with E-state index in [1.807, 2.05) is 26.2 Å². The number of hydrogen-bond acceptors (Lipinski definition) is 5. The van der Waals surface area contributed by atoms with Crippen LogP contribution in [0, 0.1) is 0 Å². The van der Waals surface area contributed by atoms with E-state index in [4.69, 9.17) is 4.74 Å². The van der Waals surface area contributed by atoms with Crippen LogP contribution in [0.15, 0.2) is 42.7 Å². The van der Waals surface area contributed by atoms with E-state index in [-0.39, 0.29) is 25.5 Å². The third-order valence-electron chi connectivity index (χ3n) is 5.49. The molecular formula is C19H24N4O4S. The van der Waals surface area contributed by atoms with Crippen LogP contribution >= 0.6 is 0 Å². The lowest BCUT2D eigenvalue weighted by Gasteiger charge is -2.44. The molecule has 2 aromatic rings. The van der Waals surface area contributed by atoms with Crippen molar-refractivity contribution in [3.63, 3.8) is 0 Å². The first-order valence-electron chi connectivity index (χ1n) is 9.26. The molecule has 2 aliphatic heterocycles. The van der Waals surface area contributed by atoms with Crippen molar-refractivity contribution < 1.29 is 17.9 Å². The first-order chi connectivity index (χ1) is 13.3. The van der Waals surface area contributed by atoms with E-state index in [2.05, 4.69) is 5.10 Å². The molecular weight excluding hydrogens is 380 g/mol. The normalized spacial score (nSPS) is 24.1. The largest absolute Gasteiger partial charge is 0.368 e. The van der Waals surface area contributed by atoms with E-state index in [1.165, 1.54) is 4.31 Å². The highest BCUT2D eigenvalue weighted by Gasteiger charge is 2.46. The molecule has 0 bridgehead atoms. The van der Waals surface area contributed by atoms with E-state index in [1.54, 1.807) is 40.0 Å². The predicted octanol–water partition coefficient (Wildman–Crippen LogP) is 0.822. The molecule has 1 unspecified atom stereocenters. The fraction of sp³-hybridized carbons (Fsp3) is 0.474. The van der Waals surface area contributed by atoms with Gasteiger partial charge >= 0.3 is 0 Å². The molecule has 2 saturated heterocycles. The van der Waals surface area contributed by atoms with Crippen molar-refractivity contribution in [2.24, 2.45) is 7.05 Å². The number of amides is 1. The molecule has 0 spiro atoms. The summed E-state index contributed by atoms with van der Waals surface area (Å²) in [5, 5.41) is 3.60. The number of morpholine rings is 1. The first kappa shape index (κ1) is 19.1. The number of hydrogen-bond donors (Lipinski definition) is 0. The Kier molecular flexibility index (Phi) is 4.76. The lowest BCUT2D eigenvalue weighted by atomic mass is 9.98. The fourth-order valence-electron chi connectivity index (χ4n) is 3.69. The third-order valence-corrected chi connectivity index (χ3v) is 7.66. The molecule has 0 radical (unpaired) electrons. The molecule has 28 heavy (non-hydrogen) atoms. The Hall–Kier alpha value is -2.23. The molecule has 8 nitrogen and oxygen atoms in total. The van der Waals surface area contributed by atoms with E-state index in [0.717, 1.165) is 5.56 Å². The fourth-order valence-corrected chi connectivity index (χ4v) is 5.60. The summed E-state index contributed by atoms with van der Waals surface area (Å²) in [5.41, 5.74) is 0.696. The minimum Gasteiger partial charge on any atom is -0.368 e. The first-order valence-corrected chi connectivity index (χ1v) is 10.8. The second-order valence-electron chi connectivity index (χ2n) is 7.56. The molecule has 4 rings (SSSR count). The number of aromatic nitrogens is 2. The number of benzene rings is 1. The molecule has 2 aliphatic rings. The lowest BCUT2D eigenvalue weighted by Crippen LogP contribution is -2.62. The monoisotopic (exact) mass is 404 g/mol. The number of carbonyl (C=O) groups excluding carboxylic acids is 1. The summed E-state index contributed by atoms with van der Waals surface area (Å²) in [4.78, 5) is 14.0. The molecule has 1 aromatic carbocycles. The maximum absolute atomic E-state index is 13.1. The van der Waals surface area contributed by atoms with Gasteiger partial charge in [-0.25, -0.2) is 8.42 Å². The minimum atomic E-state index is -3.51. The Balaban J connectivity index is 1.44. The van der Waals surface area contributed by atoms with Crippen molar-refractivity contribution in [2.75, 3.05) is 32.8 Å². The van der Waals surface area contributed by atoms with Crippen LogP contribution in [0.2, 0.25) is 0 Å². The molecule has 0 saturated carbocycles. The number of likely N-dealkylation sites (tertiary alicyclic amines) is 1. The van der Waals surface area contributed by atoms with Gasteiger partial charge in [-0.15, -0.1) is 0 Å². The summed E-state index contributed by atoms with van der Waals surface area (Å²) >= 11 is 0. The van der Waals surface area contributed by atoms with E-state index in [9.17, 15) is 13.2 Å². The molecule has 0 aliphatic carbocycles. The second-order valence-corrected chi connectivity index (χ2v) is 9.77. The van der Waals surface area contributed by atoms with E-state index in [0.29, 0.717) is 18.7 Å². The van der Waals surface area contributed by atoms with Crippen molar-refractivity contribution in [3.05, 3.63) is 53.9 Å². The smallest absolute Gasteiger partial charge is 0.253 e. The van der Waals surface area contributed by atoms with Crippen LogP contribution in [0.5, 0.6) is 0 Å². The van der Waals surface area contributed by atoms with Crippen molar-refractivity contribution in [1.29, 1.82) is 0 Å². The predicted molar refractivity (Wildman–Crippen MR) is 103 cm³/mol. The van der Waals surface area contributed by atoms with Crippen LogP contribution in [0.1, 0.15) is 22.8 Å². The number of rotatable bonds is 4. The minimum absolute atomic E-state index is 0.130. The number of sulfonamides is 1. The van der Waals surface area contributed by atoms with Crippen LogP contribution in [0.3, 0.4) is 0 Å². The summed E-state index contributed by atoms with van der Waals surface area (Å²) in [7, 11) is -1.70. The molecule has 9 heteroatoms. The van der Waals surface area contributed by atoms with Gasteiger partial charge in [-0.1, -0.05) is 18.2 Å². The second kappa shape index (κ2) is 6.98. The van der Waals surface area contributed by atoms with Crippen molar-refractivity contribution >= 4 is 15.9 Å². The standard InChI is InChI=1S/C19H24N4O4S/c1-19(16-10-20-21(2)11-16)14-23(8-9-27-19)28(25,26)17-12-22(13-17)18(24)15-6-4-3-5-7-15/h3-7,10-11,17H,8-9,12-14H2,1-2H3. The van der Waals surface area contributed by atoms with E-state index >= 15 is 0 Å². The van der Waals surface area contributed by atoms with Gasteiger partial charge in [0.05, 0.1) is 12.8 Å². The molecule has 0 N–H and O–H groups in total. The Morgan fingerprint density at radius 3 is 2.61 bits per heavy atom. The van der Waals surface area contributed by atoms with Gasteiger partial charge in [-0.2, -0.15) is 9.40 Å². The highest BCUT2D eigenvalue weighted by atomic mass is 32.2. The Morgan fingerprint density at radius 1 is 1.25 bits per heavy atom. The number of carbonyl (C=O) groups is 1. The van der Waals surface area contributed by atoms with Gasteiger partial charge in [0.25, 0.3) is 5.91 Å². The van der Waals surface area contributed by atoms with Crippen LogP contribution < -0.4 is 0 Å². The van der Waals surface area contributed by atoms with Gasteiger partial charge in [0, 0.05) is 50.6 Å². The van der Waals surface area contributed by atoms with Crippen molar-refractivity contribution in [3.8, 4) is 0 Å². The van der Waals surface area contributed by atoms with E-state index < -0.39 is 20.9 Å². The van der Waals surface area contributed by atoms with Gasteiger partial charge in [0.2, 0.25) is 10.0 Å². The molecule has 1 atom stereocenters. The van der Waals surface area contributed by atoms with Crippen molar-refractivity contribution in [1.82, 2.24) is 19.0 Å². The zero-order valence-corrected chi connectivity index (χ0v) is 16.8. The van der Waals surface area contributed by atoms with Crippen molar-refractivity contribution in [2.45, 2.75) is 17.8 Å². The maximum Gasteiger partial charge on any atom is 0.253 e. The molecule has 150 valence electrons. The zero-order chi connectivity index (χ0) is 19.9. The molecule has 1 amide bonds. The highest BCUT2D eigenvalue weighted by Crippen LogP contribution is 2.32. The molecule has 3 heterocycles. The number of aryl methyl sites for hydroxylation is 1. The van der Waals surface area contributed by atoms with Gasteiger partial charge in [-0.3, -0.25) is 9.48 Å². The highest BCUT2D eigenvalue weighted by molar-refractivity contribution is 7.89. The quantitative estimate of drug-likeness (QED) is 0.753. The number of ether oxygens (including phenoxy) is 1. The van der Waals surface area contributed by atoms with Crippen LogP contribution in [0.25, 0.3) is 0 Å². The molecule has 2 fully saturated rings. The van der Waals surface area contributed by atoms with Crippen LogP contribution in [-0.2, 0) is 27.4 Å². The molecule has 1 aromatic heterocycles. The summed E-state index contributed by atoms with van der Waals surface area (Å²) < 4.78 is 35.3. The summed E-state index contributed by atoms with van der Waals surface area (Å²) in [6.07, 6.45) is 3.56. The van der Waals surface area contributed by atoms with Gasteiger partial charge in [0.15, 0.2) is 0 Å². The zero-order valence-electron chi connectivity index (χ0n) is 16.0. The average molecular weight is 404 g/mol. The van der Waals surface area contributed by atoms with Crippen LogP contribution in [0.4, 0.5) is 0 Å².